The highest BCUT2D eigenvalue weighted by Crippen LogP contribution is 2.43. The van der Waals surface area contributed by atoms with Crippen LogP contribution in [0, 0.1) is 0 Å². The molecule has 0 unspecified atom stereocenters. The molecule has 0 aliphatic rings. The van der Waals surface area contributed by atoms with Crippen LogP contribution in [0.25, 0.3) is 86.3 Å². The smallest absolute Gasteiger partial charge is 0.143 e. The lowest BCUT2D eigenvalue weighted by Gasteiger charge is -2.27. The molecule has 0 aliphatic heterocycles. The lowest BCUT2D eigenvalue weighted by Crippen LogP contribution is -2.10. The summed E-state index contributed by atoms with van der Waals surface area (Å²) < 4.78 is 9.13. The van der Waals surface area contributed by atoms with Gasteiger partial charge in [0, 0.05) is 53.3 Å². The zero-order valence-corrected chi connectivity index (χ0v) is 30.6. The average Bonchev–Trinajstić information content (AvgIpc) is 3.83. The Morgan fingerprint density at radius 3 is 1.80 bits per heavy atom. The van der Waals surface area contributed by atoms with Crippen LogP contribution in [0.2, 0.25) is 0 Å². The Morgan fingerprint density at radius 1 is 0.382 bits per heavy atom. The van der Waals surface area contributed by atoms with Gasteiger partial charge in [-0.2, -0.15) is 0 Å². The summed E-state index contributed by atoms with van der Waals surface area (Å²) in [4.78, 5) is 2.38. The summed E-state index contributed by atoms with van der Waals surface area (Å²) in [6, 6.07) is 72.1. The van der Waals surface area contributed by atoms with Crippen LogP contribution in [0.1, 0.15) is 0 Å². The number of hydrogen-bond donors (Lipinski definition) is 0. The van der Waals surface area contributed by atoms with E-state index < -0.39 is 0 Å². The van der Waals surface area contributed by atoms with E-state index in [-0.39, 0.29) is 0 Å². The van der Waals surface area contributed by atoms with Crippen LogP contribution < -0.4 is 4.90 Å². The predicted octanol–water partition coefficient (Wildman–Crippen LogP) is 15.6. The molecule has 0 fully saturated rings. The summed E-state index contributed by atoms with van der Waals surface area (Å²) >= 11 is 1.87. The second kappa shape index (κ2) is 12.9. The molecule has 0 radical (unpaired) electrons. The number of para-hydroxylation sites is 1. The largest absolute Gasteiger partial charge is 0.455 e. The Labute approximate surface area is 322 Å². The Balaban J connectivity index is 0.993. The maximum absolute atomic E-state index is 6.48. The Hall–Kier alpha value is -6.94. The third-order valence-electron chi connectivity index (χ3n) is 10.9. The molecular weight excluding hydrogens is 687 g/mol. The molecule has 0 saturated heterocycles. The van der Waals surface area contributed by atoms with Gasteiger partial charge in [0.05, 0.1) is 5.69 Å². The second-order valence-corrected chi connectivity index (χ2v) is 15.1. The van der Waals surface area contributed by atoms with Crippen LogP contribution in [0.5, 0.6) is 0 Å². The van der Waals surface area contributed by atoms with Gasteiger partial charge in [-0.15, -0.1) is 11.3 Å². The van der Waals surface area contributed by atoms with Gasteiger partial charge in [-0.25, -0.2) is 0 Å². The fourth-order valence-electron chi connectivity index (χ4n) is 8.22. The number of anilines is 3. The Kier molecular flexibility index (Phi) is 7.39. The van der Waals surface area contributed by atoms with E-state index in [1.165, 1.54) is 42.1 Å². The molecule has 2 heterocycles. The van der Waals surface area contributed by atoms with E-state index in [1.807, 2.05) is 17.4 Å². The van der Waals surface area contributed by atoms with Gasteiger partial charge in [0.1, 0.15) is 11.2 Å². The lowest BCUT2D eigenvalue weighted by molar-refractivity contribution is 0.670. The Bertz CT molecular complexity index is 3190. The van der Waals surface area contributed by atoms with Gasteiger partial charge in [0.25, 0.3) is 0 Å². The summed E-state index contributed by atoms with van der Waals surface area (Å²) in [6.07, 6.45) is 0. The van der Waals surface area contributed by atoms with E-state index >= 15 is 0 Å². The number of nitrogens with zero attached hydrogens (tertiary/aromatic N) is 1. The molecule has 0 atom stereocenters. The first-order valence-electron chi connectivity index (χ1n) is 18.7. The molecule has 0 N–H and O–H groups in total. The number of rotatable bonds is 6. The molecule has 2 aromatic heterocycles. The molecular formula is C52H33NOS. The minimum atomic E-state index is 0.896. The van der Waals surface area contributed by atoms with E-state index in [9.17, 15) is 0 Å². The summed E-state index contributed by atoms with van der Waals surface area (Å²) in [6.45, 7) is 0. The molecule has 0 spiro atoms. The van der Waals surface area contributed by atoms with Crippen LogP contribution in [-0.2, 0) is 0 Å². The van der Waals surface area contributed by atoms with E-state index in [4.69, 9.17) is 4.42 Å². The average molecular weight is 720 g/mol. The van der Waals surface area contributed by atoms with Gasteiger partial charge in [-0.3, -0.25) is 0 Å². The van der Waals surface area contributed by atoms with E-state index in [0.29, 0.717) is 0 Å². The van der Waals surface area contributed by atoms with Crippen LogP contribution in [0.3, 0.4) is 0 Å². The second-order valence-electron chi connectivity index (χ2n) is 14.1. The summed E-state index contributed by atoms with van der Waals surface area (Å²) in [7, 11) is 0. The first-order chi connectivity index (χ1) is 27.3. The SMILES string of the molecule is c1ccc(-c2cccc3c2oc2ccc(-c4ccc(N(c5ccc(-c6cccc7c6sc6ccccc67)cc5)c5cccc6ccccc56)cc4)cc23)cc1. The van der Waals surface area contributed by atoms with Crippen molar-refractivity contribution in [1.82, 2.24) is 0 Å². The van der Waals surface area contributed by atoms with E-state index in [0.717, 1.165) is 61.3 Å². The minimum Gasteiger partial charge on any atom is -0.455 e. The molecule has 258 valence electrons. The quantitative estimate of drug-likeness (QED) is 0.170. The number of thiophene rings is 1. The minimum absolute atomic E-state index is 0.896. The molecule has 11 aromatic rings. The van der Waals surface area contributed by atoms with Gasteiger partial charge >= 0.3 is 0 Å². The van der Waals surface area contributed by atoms with Crippen LogP contribution >= 0.6 is 11.3 Å². The molecule has 2 nitrogen and oxygen atoms in total. The first-order valence-corrected chi connectivity index (χ1v) is 19.5. The number of furan rings is 1. The highest BCUT2D eigenvalue weighted by atomic mass is 32.1. The van der Waals surface area contributed by atoms with Crippen molar-refractivity contribution in [2.75, 3.05) is 4.90 Å². The van der Waals surface area contributed by atoms with Crippen molar-refractivity contribution in [2.45, 2.75) is 0 Å². The monoisotopic (exact) mass is 719 g/mol. The van der Waals surface area contributed by atoms with E-state index in [2.05, 4.69) is 199 Å². The summed E-state index contributed by atoms with van der Waals surface area (Å²) in [5.74, 6) is 0. The van der Waals surface area contributed by atoms with Crippen LogP contribution in [-0.4, -0.2) is 0 Å². The van der Waals surface area contributed by atoms with Gasteiger partial charge in [0.2, 0.25) is 0 Å². The number of benzene rings is 9. The van der Waals surface area contributed by atoms with Crippen molar-refractivity contribution < 1.29 is 4.42 Å². The molecule has 0 saturated carbocycles. The summed E-state index contributed by atoms with van der Waals surface area (Å²) in [5.41, 5.74) is 12.2. The fraction of sp³-hybridized carbons (Fsp3) is 0. The van der Waals surface area contributed by atoms with Crippen molar-refractivity contribution in [2.24, 2.45) is 0 Å². The molecule has 0 amide bonds. The number of hydrogen-bond acceptors (Lipinski definition) is 3. The zero-order valence-electron chi connectivity index (χ0n) is 29.8. The normalized spacial score (nSPS) is 11.6. The lowest BCUT2D eigenvalue weighted by atomic mass is 9.99. The third kappa shape index (κ3) is 5.32. The van der Waals surface area contributed by atoms with Gasteiger partial charge in [-0.1, -0.05) is 152 Å². The molecule has 0 aliphatic carbocycles. The van der Waals surface area contributed by atoms with Gasteiger partial charge in [0.15, 0.2) is 0 Å². The maximum atomic E-state index is 6.48. The maximum Gasteiger partial charge on any atom is 0.143 e. The highest BCUT2D eigenvalue weighted by molar-refractivity contribution is 7.26. The molecule has 11 rings (SSSR count). The van der Waals surface area contributed by atoms with Crippen molar-refractivity contribution in [3.8, 4) is 33.4 Å². The van der Waals surface area contributed by atoms with E-state index in [1.54, 1.807) is 0 Å². The van der Waals surface area contributed by atoms with Crippen molar-refractivity contribution in [3.05, 3.63) is 200 Å². The van der Waals surface area contributed by atoms with Gasteiger partial charge < -0.3 is 9.32 Å². The standard InChI is InChI=1S/C52H33NOS/c1-2-11-36(12-3-1)42-17-9-19-45-47-33-38(27-32-49(47)54-51(42)45)34-23-28-39(29-24-34)53(48-21-8-14-35-13-4-5-15-41(35)48)40-30-25-37(26-31-40)43-18-10-20-46-44-16-6-7-22-50(44)55-52(43)46/h1-33H. The Morgan fingerprint density at radius 2 is 0.982 bits per heavy atom. The predicted molar refractivity (Wildman–Crippen MR) is 235 cm³/mol. The molecule has 55 heavy (non-hydrogen) atoms. The fourth-order valence-corrected chi connectivity index (χ4v) is 9.46. The van der Waals surface area contributed by atoms with Crippen LogP contribution in [0.4, 0.5) is 17.1 Å². The van der Waals surface area contributed by atoms with Crippen molar-refractivity contribution >= 4 is 81.3 Å². The van der Waals surface area contributed by atoms with Crippen molar-refractivity contribution in [3.63, 3.8) is 0 Å². The topological polar surface area (TPSA) is 16.4 Å². The van der Waals surface area contributed by atoms with Gasteiger partial charge in [-0.05, 0) is 81.7 Å². The summed E-state index contributed by atoms with van der Waals surface area (Å²) in [5, 5.41) is 7.31. The molecule has 9 aromatic carbocycles. The first kappa shape index (κ1) is 31.6. The molecule has 0 bridgehead atoms. The number of fused-ring (bicyclic) bond motifs is 7. The molecule has 3 heteroatoms. The van der Waals surface area contributed by atoms with Crippen LogP contribution in [0.15, 0.2) is 205 Å². The highest BCUT2D eigenvalue weighted by Gasteiger charge is 2.18. The zero-order chi connectivity index (χ0) is 36.3. The van der Waals surface area contributed by atoms with Crippen molar-refractivity contribution in [1.29, 1.82) is 0 Å². The third-order valence-corrected chi connectivity index (χ3v) is 12.1.